The molecule has 0 bridgehead atoms. The first-order valence-corrected chi connectivity index (χ1v) is 5.39. The van der Waals surface area contributed by atoms with Crippen molar-refractivity contribution in [3.63, 3.8) is 0 Å². The lowest BCUT2D eigenvalue weighted by Gasteiger charge is -2.08. The summed E-state index contributed by atoms with van der Waals surface area (Å²) in [4.78, 5) is 9.08. The van der Waals surface area contributed by atoms with Crippen molar-refractivity contribution in [1.82, 2.24) is 0 Å². The Labute approximate surface area is 73.0 Å². The zero-order chi connectivity index (χ0) is 9.45. The maximum Gasteiger partial charge on any atom is 0.329 e. The third kappa shape index (κ3) is 6.18. The molecule has 0 radical (unpaired) electrons. The number of hydrogen-bond donors (Lipinski definition) is 1. The van der Waals surface area contributed by atoms with Crippen LogP contribution >= 0.6 is 7.60 Å². The van der Waals surface area contributed by atoms with E-state index < -0.39 is 7.60 Å². The van der Waals surface area contributed by atoms with E-state index in [0.717, 1.165) is 0 Å². The summed E-state index contributed by atoms with van der Waals surface area (Å²) in [5.74, 6) is 2.14. The van der Waals surface area contributed by atoms with Gasteiger partial charge in [0.1, 0.15) is 6.61 Å². The summed E-state index contributed by atoms with van der Waals surface area (Å²) in [5, 5.41) is 0. The van der Waals surface area contributed by atoms with E-state index in [1.165, 1.54) is 0 Å². The first-order chi connectivity index (χ1) is 5.62. The molecule has 0 aliphatic rings. The van der Waals surface area contributed by atoms with E-state index in [9.17, 15) is 4.57 Å². The van der Waals surface area contributed by atoms with Gasteiger partial charge in [0, 0.05) is 0 Å². The molecule has 0 heterocycles. The van der Waals surface area contributed by atoms with Crippen LogP contribution in [0, 0.1) is 12.3 Å². The topological polar surface area (TPSA) is 46.5 Å². The summed E-state index contributed by atoms with van der Waals surface area (Å²) >= 11 is 0. The number of hydrogen-bond acceptors (Lipinski definition) is 2. The number of terminal acetylenes is 1. The summed E-state index contributed by atoms with van der Waals surface area (Å²) < 4.78 is 15.6. The van der Waals surface area contributed by atoms with Gasteiger partial charge in [-0.25, -0.2) is 0 Å². The molecule has 0 aliphatic heterocycles. The lowest BCUT2D eigenvalue weighted by atomic mass is 10.3. The molecular weight excluding hydrogens is 175 g/mol. The van der Waals surface area contributed by atoms with Gasteiger partial charge >= 0.3 is 7.60 Å². The lowest BCUT2D eigenvalue weighted by Crippen LogP contribution is -1.94. The average Bonchev–Trinajstić information content (AvgIpc) is 2.01. The summed E-state index contributed by atoms with van der Waals surface area (Å²) in [6.07, 6.45) is 8.01. The van der Waals surface area contributed by atoms with Crippen LogP contribution in [0.25, 0.3) is 0 Å². The molecular formula is C8H13O3P. The maximum atomic E-state index is 11.1. The lowest BCUT2D eigenvalue weighted by molar-refractivity contribution is 0.291. The molecule has 0 aromatic carbocycles. The fourth-order valence-corrected chi connectivity index (χ4v) is 1.63. The highest BCUT2D eigenvalue weighted by Gasteiger charge is 2.16. The van der Waals surface area contributed by atoms with E-state index in [-0.39, 0.29) is 12.8 Å². The second-order valence-electron chi connectivity index (χ2n) is 2.27. The molecule has 0 saturated heterocycles. The highest BCUT2D eigenvalue weighted by molar-refractivity contribution is 7.52. The van der Waals surface area contributed by atoms with Gasteiger partial charge in [0.05, 0.1) is 6.16 Å². The Morgan fingerprint density at radius 3 is 2.92 bits per heavy atom. The van der Waals surface area contributed by atoms with E-state index in [0.29, 0.717) is 12.8 Å². The smallest absolute Gasteiger partial charge is 0.324 e. The minimum Gasteiger partial charge on any atom is -0.324 e. The van der Waals surface area contributed by atoms with Crippen molar-refractivity contribution in [1.29, 1.82) is 0 Å². The zero-order valence-corrected chi connectivity index (χ0v) is 7.80. The van der Waals surface area contributed by atoms with Crippen molar-refractivity contribution in [2.24, 2.45) is 0 Å². The van der Waals surface area contributed by atoms with Crippen LogP contribution in [0.15, 0.2) is 12.7 Å². The van der Waals surface area contributed by atoms with E-state index in [4.69, 9.17) is 11.3 Å². The van der Waals surface area contributed by atoms with Crippen LogP contribution < -0.4 is 0 Å². The van der Waals surface area contributed by atoms with Crippen molar-refractivity contribution in [2.45, 2.75) is 12.8 Å². The van der Waals surface area contributed by atoms with Gasteiger partial charge in [-0.05, 0) is 12.8 Å². The normalized spacial score (nSPS) is 14.7. The third-order valence-corrected chi connectivity index (χ3v) is 2.61. The Morgan fingerprint density at radius 1 is 1.75 bits per heavy atom. The summed E-state index contributed by atoms with van der Waals surface area (Å²) in [7, 11) is -3.43. The molecule has 0 aromatic rings. The molecule has 0 aliphatic carbocycles. The second-order valence-corrected chi connectivity index (χ2v) is 4.25. The molecule has 0 rings (SSSR count). The van der Waals surface area contributed by atoms with Crippen molar-refractivity contribution in [2.75, 3.05) is 12.8 Å². The van der Waals surface area contributed by atoms with Crippen LogP contribution in [0.1, 0.15) is 12.8 Å². The van der Waals surface area contributed by atoms with Gasteiger partial charge in [-0.1, -0.05) is 12.0 Å². The monoisotopic (exact) mass is 188 g/mol. The van der Waals surface area contributed by atoms with E-state index in [2.05, 4.69) is 17.0 Å². The molecule has 3 nitrogen and oxygen atoms in total. The summed E-state index contributed by atoms with van der Waals surface area (Å²) in [6, 6.07) is 0. The highest BCUT2D eigenvalue weighted by atomic mass is 31.2. The Balaban J connectivity index is 3.65. The molecule has 4 heteroatoms. The molecule has 1 atom stereocenters. The fraction of sp³-hybridized carbons (Fsp3) is 0.500. The van der Waals surface area contributed by atoms with Gasteiger partial charge in [-0.2, -0.15) is 0 Å². The van der Waals surface area contributed by atoms with Crippen molar-refractivity contribution < 1.29 is 14.0 Å². The van der Waals surface area contributed by atoms with Crippen LogP contribution in [-0.2, 0) is 9.09 Å². The highest BCUT2D eigenvalue weighted by Crippen LogP contribution is 2.42. The molecule has 0 spiro atoms. The van der Waals surface area contributed by atoms with Crippen molar-refractivity contribution >= 4 is 7.60 Å². The Bertz CT molecular complexity index is 217. The molecule has 0 fully saturated rings. The Hall–Kier alpha value is -0.550. The minimum atomic E-state index is -3.43. The van der Waals surface area contributed by atoms with Gasteiger partial charge in [-0.3, -0.25) is 9.09 Å². The molecule has 68 valence electrons. The standard InChI is InChI=1S/C8H13O3P/c1-3-5-6-8-12(9,10)11-7-4-2/h2-3H,1,5-8H2,(H,9,10). The number of unbranched alkanes of at least 4 members (excludes halogenated alkanes) is 1. The Morgan fingerprint density at radius 2 is 2.42 bits per heavy atom. The summed E-state index contributed by atoms with van der Waals surface area (Å²) in [5.41, 5.74) is 0. The van der Waals surface area contributed by atoms with Gasteiger partial charge in [-0.15, -0.1) is 13.0 Å². The molecule has 0 saturated carbocycles. The predicted molar refractivity (Wildman–Crippen MR) is 48.9 cm³/mol. The zero-order valence-electron chi connectivity index (χ0n) is 6.90. The first kappa shape index (κ1) is 11.4. The summed E-state index contributed by atoms with van der Waals surface area (Å²) in [6.45, 7) is 3.39. The molecule has 0 amide bonds. The second kappa shape index (κ2) is 6.02. The van der Waals surface area contributed by atoms with Crippen LogP contribution in [0.2, 0.25) is 0 Å². The first-order valence-electron chi connectivity index (χ1n) is 3.63. The predicted octanol–water partition coefficient (Wildman–Crippen LogP) is 1.79. The maximum absolute atomic E-state index is 11.1. The minimum absolute atomic E-state index is 0.109. The third-order valence-electron chi connectivity index (χ3n) is 1.20. The van der Waals surface area contributed by atoms with E-state index in [1.54, 1.807) is 6.08 Å². The largest absolute Gasteiger partial charge is 0.329 e. The van der Waals surface area contributed by atoms with E-state index >= 15 is 0 Å². The van der Waals surface area contributed by atoms with E-state index in [1.807, 2.05) is 0 Å². The molecule has 1 unspecified atom stereocenters. The average molecular weight is 188 g/mol. The van der Waals surface area contributed by atoms with Gasteiger partial charge < -0.3 is 4.89 Å². The van der Waals surface area contributed by atoms with Gasteiger partial charge in [0.15, 0.2) is 0 Å². The van der Waals surface area contributed by atoms with Crippen LogP contribution in [-0.4, -0.2) is 17.7 Å². The van der Waals surface area contributed by atoms with Crippen LogP contribution in [0.5, 0.6) is 0 Å². The SMILES string of the molecule is C#CCOP(=O)(O)CCCC=C. The molecule has 1 N–H and O–H groups in total. The van der Waals surface area contributed by atoms with Crippen LogP contribution in [0.4, 0.5) is 0 Å². The van der Waals surface area contributed by atoms with Crippen LogP contribution in [0.3, 0.4) is 0 Å². The Kier molecular flexibility index (Phi) is 5.74. The fourth-order valence-electron chi connectivity index (χ4n) is 0.638. The number of allylic oxidation sites excluding steroid dienone is 1. The van der Waals surface area contributed by atoms with Crippen molar-refractivity contribution in [3.05, 3.63) is 12.7 Å². The quantitative estimate of drug-likeness (QED) is 0.299. The number of rotatable bonds is 6. The van der Waals surface area contributed by atoms with Crippen molar-refractivity contribution in [3.8, 4) is 12.3 Å². The van der Waals surface area contributed by atoms with Gasteiger partial charge in [0.25, 0.3) is 0 Å². The van der Waals surface area contributed by atoms with Gasteiger partial charge in [0.2, 0.25) is 0 Å². The molecule has 0 aromatic heterocycles. The molecule has 12 heavy (non-hydrogen) atoms.